The van der Waals surface area contributed by atoms with Crippen LogP contribution in [0.1, 0.15) is 0 Å². The van der Waals surface area contributed by atoms with Crippen LogP contribution in [0.2, 0.25) is 5.02 Å². The number of nitrogens with one attached hydrogen (secondary N) is 2. The predicted molar refractivity (Wildman–Crippen MR) is 92.6 cm³/mol. The van der Waals surface area contributed by atoms with E-state index < -0.39 is 5.82 Å². The van der Waals surface area contributed by atoms with Crippen LogP contribution in [0.4, 0.5) is 10.1 Å². The molecule has 0 bridgehead atoms. The summed E-state index contributed by atoms with van der Waals surface area (Å²) in [6.45, 7) is 0. The van der Waals surface area contributed by atoms with E-state index in [4.69, 9.17) is 11.6 Å². The van der Waals surface area contributed by atoms with E-state index in [2.05, 4.69) is 20.5 Å². The molecule has 0 saturated heterocycles. The molecule has 0 atom stereocenters. The van der Waals surface area contributed by atoms with Gasteiger partial charge in [-0.05, 0) is 42.5 Å². The highest BCUT2D eigenvalue weighted by Crippen LogP contribution is 2.21. The van der Waals surface area contributed by atoms with Crippen molar-refractivity contribution in [3.63, 3.8) is 0 Å². The molecule has 8 heteroatoms. The average Bonchev–Trinajstić information content (AvgIpc) is 3.03. The number of carbonyl (C=O) groups excluding carboxylic acids is 1. The molecule has 3 rings (SSSR count). The van der Waals surface area contributed by atoms with Gasteiger partial charge in [0.15, 0.2) is 5.82 Å². The Morgan fingerprint density at radius 2 is 2.04 bits per heavy atom. The molecule has 1 amide bonds. The quantitative estimate of drug-likeness (QED) is 0.673. The number of aromatic nitrogens is 3. The fraction of sp³-hybridized carbons (Fsp3) is 0.0625. The Balaban J connectivity index is 1.57. The number of H-pyrrole nitrogens is 1. The highest BCUT2D eigenvalue weighted by molar-refractivity contribution is 7.99. The minimum atomic E-state index is -0.401. The molecule has 0 aliphatic carbocycles. The maximum absolute atomic E-state index is 13.1. The van der Waals surface area contributed by atoms with Crippen molar-refractivity contribution in [2.45, 2.75) is 5.16 Å². The minimum Gasteiger partial charge on any atom is -0.325 e. The van der Waals surface area contributed by atoms with E-state index in [1.165, 1.54) is 30.0 Å². The number of halogens is 2. The second-order valence-electron chi connectivity index (χ2n) is 4.82. The summed E-state index contributed by atoms with van der Waals surface area (Å²) in [5, 5.41) is 10.6. The lowest BCUT2D eigenvalue weighted by molar-refractivity contribution is -0.113. The van der Waals surface area contributed by atoms with Gasteiger partial charge in [-0.25, -0.2) is 9.37 Å². The maximum atomic E-state index is 13.1. The first-order chi connectivity index (χ1) is 11.6. The Morgan fingerprint density at radius 3 is 2.79 bits per heavy atom. The molecule has 1 aromatic heterocycles. The third kappa shape index (κ3) is 4.33. The Kier molecular flexibility index (Phi) is 5.12. The summed E-state index contributed by atoms with van der Waals surface area (Å²) >= 11 is 7.03. The van der Waals surface area contributed by atoms with Gasteiger partial charge in [-0.3, -0.25) is 9.89 Å². The number of hydrogen-bond acceptors (Lipinski definition) is 4. The normalized spacial score (nSPS) is 10.6. The summed E-state index contributed by atoms with van der Waals surface area (Å²) in [6, 6.07) is 12.9. The first kappa shape index (κ1) is 16.5. The van der Waals surface area contributed by atoms with E-state index in [-0.39, 0.29) is 11.7 Å². The fourth-order valence-electron chi connectivity index (χ4n) is 1.94. The van der Waals surface area contributed by atoms with E-state index in [0.29, 0.717) is 21.7 Å². The lowest BCUT2D eigenvalue weighted by Gasteiger charge is -2.03. The number of benzene rings is 2. The molecule has 24 heavy (non-hydrogen) atoms. The van der Waals surface area contributed by atoms with Crippen LogP contribution in [0.25, 0.3) is 11.4 Å². The van der Waals surface area contributed by atoms with Gasteiger partial charge in [-0.2, -0.15) is 0 Å². The second kappa shape index (κ2) is 7.46. The number of rotatable bonds is 5. The molecule has 0 aliphatic rings. The summed E-state index contributed by atoms with van der Waals surface area (Å²) in [6.07, 6.45) is 0. The van der Waals surface area contributed by atoms with Crippen LogP contribution in [0, 0.1) is 5.82 Å². The summed E-state index contributed by atoms with van der Waals surface area (Å²) in [5.74, 6) is 0.0548. The molecule has 0 spiro atoms. The van der Waals surface area contributed by atoms with Crippen molar-refractivity contribution in [2.24, 2.45) is 0 Å². The summed E-state index contributed by atoms with van der Waals surface area (Å²) in [5.41, 5.74) is 1.26. The lowest BCUT2D eigenvalue weighted by Crippen LogP contribution is -2.14. The van der Waals surface area contributed by atoms with Crippen molar-refractivity contribution in [3.05, 3.63) is 59.4 Å². The average molecular weight is 363 g/mol. The third-order valence-corrected chi connectivity index (χ3v) is 4.12. The summed E-state index contributed by atoms with van der Waals surface area (Å²) < 4.78 is 13.1. The molecule has 0 saturated carbocycles. The number of thioether (sulfide) groups is 1. The van der Waals surface area contributed by atoms with Crippen LogP contribution in [-0.2, 0) is 4.79 Å². The molecule has 122 valence electrons. The molecule has 5 nitrogen and oxygen atoms in total. The van der Waals surface area contributed by atoms with Gasteiger partial charge in [0.1, 0.15) is 5.82 Å². The zero-order chi connectivity index (χ0) is 16.9. The van der Waals surface area contributed by atoms with Crippen LogP contribution in [0.3, 0.4) is 0 Å². The van der Waals surface area contributed by atoms with E-state index in [0.717, 1.165) is 5.56 Å². The first-order valence-electron chi connectivity index (χ1n) is 6.97. The van der Waals surface area contributed by atoms with Gasteiger partial charge in [-0.1, -0.05) is 29.4 Å². The zero-order valence-electron chi connectivity index (χ0n) is 12.3. The zero-order valence-corrected chi connectivity index (χ0v) is 13.9. The monoisotopic (exact) mass is 362 g/mol. The van der Waals surface area contributed by atoms with Gasteiger partial charge >= 0.3 is 0 Å². The molecule has 0 unspecified atom stereocenters. The van der Waals surface area contributed by atoms with Crippen LogP contribution >= 0.6 is 23.4 Å². The summed E-state index contributed by atoms with van der Waals surface area (Å²) in [7, 11) is 0. The van der Waals surface area contributed by atoms with Gasteiger partial charge < -0.3 is 5.32 Å². The Morgan fingerprint density at radius 1 is 1.25 bits per heavy atom. The van der Waals surface area contributed by atoms with Crippen molar-refractivity contribution in [3.8, 4) is 11.4 Å². The Labute approximate surface area is 146 Å². The van der Waals surface area contributed by atoms with E-state index in [1.807, 2.05) is 12.1 Å². The van der Waals surface area contributed by atoms with Gasteiger partial charge in [0.2, 0.25) is 11.1 Å². The van der Waals surface area contributed by atoms with Crippen LogP contribution in [0.15, 0.2) is 53.7 Å². The number of anilines is 1. The summed E-state index contributed by atoms with van der Waals surface area (Å²) in [4.78, 5) is 16.2. The van der Waals surface area contributed by atoms with Crippen molar-refractivity contribution in [2.75, 3.05) is 11.1 Å². The van der Waals surface area contributed by atoms with Crippen LogP contribution < -0.4 is 5.32 Å². The molecule has 0 radical (unpaired) electrons. The van der Waals surface area contributed by atoms with Crippen LogP contribution in [-0.4, -0.2) is 26.8 Å². The number of carbonyl (C=O) groups is 1. The Bertz CT molecular complexity index is 853. The van der Waals surface area contributed by atoms with Crippen molar-refractivity contribution < 1.29 is 9.18 Å². The molecular weight excluding hydrogens is 351 g/mol. The Hall–Kier alpha value is -2.38. The second-order valence-corrected chi connectivity index (χ2v) is 6.20. The van der Waals surface area contributed by atoms with Crippen LogP contribution in [0.5, 0.6) is 0 Å². The minimum absolute atomic E-state index is 0.119. The predicted octanol–water partition coefficient (Wildman–Crippen LogP) is 4.00. The van der Waals surface area contributed by atoms with E-state index in [1.54, 1.807) is 18.2 Å². The molecule has 0 fully saturated rings. The molecule has 3 aromatic rings. The largest absolute Gasteiger partial charge is 0.325 e. The fourth-order valence-corrected chi connectivity index (χ4v) is 2.67. The number of aromatic amines is 1. The number of amides is 1. The van der Waals surface area contributed by atoms with E-state index >= 15 is 0 Å². The molecule has 2 N–H and O–H groups in total. The van der Waals surface area contributed by atoms with Gasteiger partial charge in [0.25, 0.3) is 0 Å². The topological polar surface area (TPSA) is 70.7 Å². The first-order valence-corrected chi connectivity index (χ1v) is 8.33. The maximum Gasteiger partial charge on any atom is 0.234 e. The van der Waals surface area contributed by atoms with Gasteiger partial charge in [0, 0.05) is 16.3 Å². The van der Waals surface area contributed by atoms with E-state index in [9.17, 15) is 9.18 Å². The van der Waals surface area contributed by atoms with Crippen molar-refractivity contribution in [1.82, 2.24) is 15.2 Å². The highest BCUT2D eigenvalue weighted by Gasteiger charge is 2.09. The van der Waals surface area contributed by atoms with Crippen molar-refractivity contribution >= 4 is 35.0 Å². The van der Waals surface area contributed by atoms with Crippen molar-refractivity contribution in [1.29, 1.82) is 0 Å². The van der Waals surface area contributed by atoms with Gasteiger partial charge in [-0.15, -0.1) is 5.10 Å². The molecule has 1 heterocycles. The standard InChI is InChI=1S/C16H12ClFN4OS/c17-11-6-4-10(5-7-11)15-20-16(22-21-15)24-9-14(23)19-13-3-1-2-12(18)8-13/h1-8H,9H2,(H,19,23)(H,20,21,22). The molecular formula is C16H12ClFN4OS. The van der Waals surface area contributed by atoms with Gasteiger partial charge in [0.05, 0.1) is 5.75 Å². The third-order valence-electron chi connectivity index (χ3n) is 3.02. The number of hydrogen-bond donors (Lipinski definition) is 2. The number of nitrogens with zero attached hydrogens (tertiary/aromatic N) is 2. The molecule has 2 aromatic carbocycles. The smallest absolute Gasteiger partial charge is 0.234 e. The highest BCUT2D eigenvalue weighted by atomic mass is 35.5. The SMILES string of the molecule is O=C(CSc1n[nH]c(-c2ccc(Cl)cc2)n1)Nc1cccc(F)c1. The molecule has 0 aliphatic heterocycles. The lowest BCUT2D eigenvalue weighted by atomic mass is 10.2.